The number of carboxylic acids is 1. The van der Waals surface area contributed by atoms with E-state index >= 15 is 0 Å². The van der Waals surface area contributed by atoms with E-state index in [1.54, 1.807) is 6.07 Å². The molecule has 0 saturated heterocycles. The molecule has 0 aromatic heterocycles. The van der Waals surface area contributed by atoms with Crippen LogP contribution >= 0.6 is 15.9 Å². The van der Waals surface area contributed by atoms with Crippen LogP contribution in [0.15, 0.2) is 46.9 Å². The number of carboxylic acid groups (broad SMARTS) is 1. The first kappa shape index (κ1) is 15.4. The molecule has 5 atom stereocenters. The molecule has 2 N–H and O–H groups in total. The third-order valence-electron chi connectivity index (χ3n) is 6.56. The van der Waals surface area contributed by atoms with E-state index in [0.29, 0.717) is 23.3 Å². The molecule has 2 aliphatic carbocycles. The normalized spacial score (nSPS) is 32.0. The Bertz CT molecular complexity index is 865. The molecule has 2 aromatic rings. The first-order chi connectivity index (χ1) is 12.1. The van der Waals surface area contributed by atoms with Crippen molar-refractivity contribution in [3.8, 4) is 0 Å². The third kappa shape index (κ3) is 2.27. The average molecular weight is 398 g/mol. The summed E-state index contributed by atoms with van der Waals surface area (Å²) in [7, 11) is 0. The second kappa shape index (κ2) is 5.60. The van der Waals surface area contributed by atoms with Crippen LogP contribution in [0.25, 0.3) is 0 Å². The largest absolute Gasteiger partial charge is 0.478 e. The molecular formula is C21H20BrNO2. The fourth-order valence-electron chi connectivity index (χ4n) is 5.72. The van der Waals surface area contributed by atoms with Crippen molar-refractivity contribution in [2.45, 2.75) is 31.2 Å². The van der Waals surface area contributed by atoms with Gasteiger partial charge in [-0.1, -0.05) is 40.2 Å². The van der Waals surface area contributed by atoms with Gasteiger partial charge in [0.1, 0.15) is 0 Å². The summed E-state index contributed by atoms with van der Waals surface area (Å²) >= 11 is 3.59. The van der Waals surface area contributed by atoms with Crippen LogP contribution in [-0.4, -0.2) is 11.1 Å². The molecule has 0 spiro atoms. The van der Waals surface area contributed by atoms with Crippen molar-refractivity contribution in [3.63, 3.8) is 0 Å². The molecule has 3 nitrogen and oxygen atoms in total. The number of hydrogen-bond acceptors (Lipinski definition) is 2. The lowest BCUT2D eigenvalue weighted by molar-refractivity contribution is 0.0697. The van der Waals surface area contributed by atoms with Gasteiger partial charge in [0.15, 0.2) is 0 Å². The Kier molecular flexibility index (Phi) is 3.46. The zero-order valence-electron chi connectivity index (χ0n) is 13.8. The Hall–Kier alpha value is -1.81. The molecule has 128 valence electrons. The van der Waals surface area contributed by atoms with E-state index in [4.69, 9.17) is 0 Å². The minimum absolute atomic E-state index is 0.186. The Morgan fingerprint density at radius 3 is 2.72 bits per heavy atom. The Morgan fingerprint density at radius 1 is 1.12 bits per heavy atom. The van der Waals surface area contributed by atoms with E-state index < -0.39 is 5.97 Å². The van der Waals surface area contributed by atoms with E-state index in [1.807, 2.05) is 12.1 Å². The van der Waals surface area contributed by atoms with Gasteiger partial charge in [-0.05, 0) is 72.3 Å². The Balaban J connectivity index is 1.68. The molecule has 2 fully saturated rings. The van der Waals surface area contributed by atoms with Crippen molar-refractivity contribution in [2.24, 2.45) is 17.8 Å². The number of anilines is 1. The predicted octanol–water partition coefficient (Wildman–Crippen LogP) is 5.44. The van der Waals surface area contributed by atoms with Crippen molar-refractivity contribution in [1.82, 2.24) is 0 Å². The van der Waals surface area contributed by atoms with Crippen molar-refractivity contribution < 1.29 is 9.90 Å². The molecule has 1 aliphatic heterocycles. The minimum Gasteiger partial charge on any atom is -0.478 e. The molecule has 1 heterocycles. The molecule has 0 amide bonds. The summed E-state index contributed by atoms with van der Waals surface area (Å²) in [4.78, 5) is 11.8. The van der Waals surface area contributed by atoms with Crippen LogP contribution in [0, 0.1) is 17.8 Å². The zero-order chi connectivity index (χ0) is 17.1. The second-order valence-electron chi connectivity index (χ2n) is 7.69. The van der Waals surface area contributed by atoms with Crippen molar-refractivity contribution in [3.05, 3.63) is 63.6 Å². The lowest BCUT2D eigenvalue weighted by Gasteiger charge is -2.44. The first-order valence-corrected chi connectivity index (χ1v) is 9.81. The minimum atomic E-state index is -0.848. The highest BCUT2D eigenvalue weighted by atomic mass is 79.9. The topological polar surface area (TPSA) is 49.3 Å². The maximum absolute atomic E-state index is 11.8. The maximum atomic E-state index is 11.8. The van der Waals surface area contributed by atoms with Gasteiger partial charge in [-0.25, -0.2) is 4.79 Å². The molecule has 2 aromatic carbocycles. The fourth-order valence-corrected chi connectivity index (χ4v) is 6.14. The smallest absolute Gasteiger partial charge is 0.337 e. The van der Waals surface area contributed by atoms with Gasteiger partial charge in [0.25, 0.3) is 0 Å². The number of halogens is 1. The number of nitrogens with one attached hydrogen (secondary N) is 1. The van der Waals surface area contributed by atoms with Gasteiger partial charge in [0, 0.05) is 4.47 Å². The summed E-state index contributed by atoms with van der Waals surface area (Å²) in [5.41, 5.74) is 3.72. The van der Waals surface area contributed by atoms with Crippen LogP contribution < -0.4 is 5.32 Å². The highest BCUT2D eigenvalue weighted by molar-refractivity contribution is 9.10. The average Bonchev–Trinajstić information content (AvgIpc) is 3.22. The highest BCUT2D eigenvalue weighted by Gasteiger charge is 2.54. The zero-order valence-corrected chi connectivity index (χ0v) is 15.4. The van der Waals surface area contributed by atoms with Crippen molar-refractivity contribution >= 4 is 27.6 Å². The lowest BCUT2D eigenvalue weighted by Crippen LogP contribution is -2.36. The SMILES string of the molecule is O=C(O)c1cccc2c1N[C@H](c1cccc(Br)c1)[C@H]1[C@@H]3CC[C@@H](C3)[C@H]21. The van der Waals surface area contributed by atoms with E-state index in [1.165, 1.54) is 30.4 Å². The fraction of sp³-hybridized carbons (Fsp3) is 0.381. The number of carbonyl (C=O) groups is 1. The molecule has 2 saturated carbocycles. The molecule has 0 radical (unpaired) electrons. The molecule has 25 heavy (non-hydrogen) atoms. The number of fused-ring (bicyclic) bond motifs is 7. The van der Waals surface area contributed by atoms with Gasteiger partial charge in [0.2, 0.25) is 0 Å². The van der Waals surface area contributed by atoms with E-state index in [9.17, 15) is 9.90 Å². The number of para-hydroxylation sites is 1. The lowest BCUT2D eigenvalue weighted by atomic mass is 9.67. The third-order valence-corrected chi connectivity index (χ3v) is 7.05. The standard InChI is InChI=1S/C21H20BrNO2/c22-14-4-1-3-13(10-14)19-18-12-8-7-11(9-12)17(18)15-5-2-6-16(21(24)25)20(15)23-19/h1-6,10-12,17-19,23H,7-9H2,(H,24,25)/t11-,12+,17+,18-,19+/m0/s1. The molecule has 0 unspecified atom stereocenters. The molecule has 3 aliphatic rings. The van der Waals surface area contributed by atoms with Gasteiger partial charge in [-0.3, -0.25) is 0 Å². The Morgan fingerprint density at radius 2 is 1.92 bits per heavy atom. The number of benzene rings is 2. The van der Waals surface area contributed by atoms with Gasteiger partial charge in [-0.15, -0.1) is 0 Å². The predicted molar refractivity (Wildman–Crippen MR) is 101 cm³/mol. The van der Waals surface area contributed by atoms with Crippen LogP contribution in [0.3, 0.4) is 0 Å². The van der Waals surface area contributed by atoms with Crippen LogP contribution in [0.4, 0.5) is 5.69 Å². The summed E-state index contributed by atoms with van der Waals surface area (Å²) < 4.78 is 1.07. The number of hydrogen-bond donors (Lipinski definition) is 2. The number of aromatic carboxylic acids is 1. The molecule has 2 bridgehead atoms. The first-order valence-electron chi connectivity index (χ1n) is 9.01. The summed E-state index contributed by atoms with van der Waals surface area (Å²) in [5, 5.41) is 13.3. The van der Waals surface area contributed by atoms with Gasteiger partial charge < -0.3 is 10.4 Å². The molecular weight excluding hydrogens is 378 g/mol. The van der Waals surface area contributed by atoms with Crippen LogP contribution in [-0.2, 0) is 0 Å². The van der Waals surface area contributed by atoms with Crippen LogP contribution in [0.5, 0.6) is 0 Å². The van der Waals surface area contributed by atoms with Gasteiger partial charge in [0.05, 0.1) is 17.3 Å². The van der Waals surface area contributed by atoms with Crippen LogP contribution in [0.2, 0.25) is 0 Å². The summed E-state index contributed by atoms with van der Waals surface area (Å²) in [6.07, 6.45) is 3.89. The van der Waals surface area contributed by atoms with Gasteiger partial charge in [-0.2, -0.15) is 0 Å². The van der Waals surface area contributed by atoms with Crippen LogP contribution in [0.1, 0.15) is 52.7 Å². The monoisotopic (exact) mass is 397 g/mol. The van der Waals surface area contributed by atoms with Crippen molar-refractivity contribution in [1.29, 1.82) is 0 Å². The quantitative estimate of drug-likeness (QED) is 0.708. The van der Waals surface area contributed by atoms with Crippen molar-refractivity contribution in [2.75, 3.05) is 5.32 Å². The molecule has 5 rings (SSSR count). The number of rotatable bonds is 2. The Labute approximate surface area is 155 Å². The van der Waals surface area contributed by atoms with Gasteiger partial charge >= 0.3 is 5.97 Å². The highest BCUT2D eigenvalue weighted by Crippen LogP contribution is 2.64. The summed E-state index contributed by atoms with van der Waals surface area (Å²) in [6, 6.07) is 14.4. The molecule has 4 heteroatoms. The van der Waals surface area contributed by atoms with E-state index in [0.717, 1.165) is 16.1 Å². The van der Waals surface area contributed by atoms with E-state index in [-0.39, 0.29) is 6.04 Å². The summed E-state index contributed by atoms with van der Waals surface area (Å²) in [6.45, 7) is 0. The van der Waals surface area contributed by atoms with E-state index in [2.05, 4.69) is 45.5 Å². The second-order valence-corrected chi connectivity index (χ2v) is 8.60. The summed E-state index contributed by atoms with van der Waals surface area (Å²) in [5.74, 6) is 1.64. The maximum Gasteiger partial charge on any atom is 0.337 e.